The molecular formula is C12H13ClN2O2. The average Bonchev–Trinajstić information content (AvgIpc) is 2.31. The lowest BCUT2D eigenvalue weighted by molar-refractivity contribution is -0.117. The Hall–Kier alpha value is -1.73. The first-order chi connectivity index (χ1) is 8.10. The molecule has 0 aliphatic heterocycles. The second-order valence-electron chi connectivity index (χ2n) is 3.34. The van der Waals surface area contributed by atoms with E-state index in [0.717, 1.165) is 0 Å². The first-order valence-electron chi connectivity index (χ1n) is 5.16. The normalized spacial score (nSPS) is 9.53. The predicted molar refractivity (Wildman–Crippen MR) is 66.3 cm³/mol. The molecule has 0 radical (unpaired) electrons. The second-order valence-corrected chi connectivity index (χ2v) is 3.74. The SMILES string of the molecule is CCOc1ccc(N(C)C(=O)CC#N)cc1Cl. The van der Waals surface area contributed by atoms with Crippen molar-refractivity contribution >= 4 is 23.2 Å². The number of carbonyl (C=O) groups is 1. The summed E-state index contributed by atoms with van der Waals surface area (Å²) in [5, 5.41) is 8.90. The number of rotatable bonds is 4. The van der Waals surface area contributed by atoms with Gasteiger partial charge >= 0.3 is 0 Å². The minimum Gasteiger partial charge on any atom is -0.492 e. The molecular weight excluding hydrogens is 240 g/mol. The molecule has 0 heterocycles. The Labute approximate surface area is 105 Å². The number of halogens is 1. The highest BCUT2D eigenvalue weighted by Crippen LogP contribution is 2.29. The number of hydrogen-bond acceptors (Lipinski definition) is 3. The van der Waals surface area contributed by atoms with Crippen molar-refractivity contribution in [2.45, 2.75) is 13.3 Å². The lowest BCUT2D eigenvalue weighted by atomic mass is 10.2. The summed E-state index contributed by atoms with van der Waals surface area (Å²) in [6.07, 6.45) is -0.151. The summed E-state index contributed by atoms with van der Waals surface area (Å²) in [5.41, 5.74) is 0.638. The molecule has 0 saturated heterocycles. The summed E-state index contributed by atoms with van der Waals surface area (Å²) in [6, 6.07) is 6.89. The molecule has 0 aliphatic rings. The predicted octanol–water partition coefficient (Wildman–Crippen LogP) is 2.62. The highest BCUT2D eigenvalue weighted by Gasteiger charge is 2.12. The van der Waals surface area contributed by atoms with Crippen LogP contribution < -0.4 is 9.64 Å². The fourth-order valence-electron chi connectivity index (χ4n) is 1.30. The van der Waals surface area contributed by atoms with Gasteiger partial charge in [-0.15, -0.1) is 0 Å². The van der Waals surface area contributed by atoms with Gasteiger partial charge < -0.3 is 9.64 Å². The standard InChI is InChI=1S/C12H13ClN2O2/c1-3-17-11-5-4-9(8-10(11)13)15(2)12(16)6-7-14/h4-5,8H,3,6H2,1-2H3. The Kier molecular flexibility index (Phi) is 4.80. The molecule has 1 aromatic rings. The van der Waals surface area contributed by atoms with E-state index in [0.29, 0.717) is 23.1 Å². The summed E-state index contributed by atoms with van der Waals surface area (Å²) in [6.45, 7) is 2.40. The van der Waals surface area contributed by atoms with Crippen LogP contribution in [0.4, 0.5) is 5.69 Å². The number of benzene rings is 1. The van der Waals surface area contributed by atoms with Gasteiger partial charge in [-0.25, -0.2) is 0 Å². The van der Waals surface area contributed by atoms with E-state index in [1.54, 1.807) is 25.2 Å². The van der Waals surface area contributed by atoms with Crippen molar-refractivity contribution in [1.29, 1.82) is 5.26 Å². The van der Waals surface area contributed by atoms with Crippen LogP contribution in [-0.2, 0) is 4.79 Å². The van der Waals surface area contributed by atoms with Crippen molar-refractivity contribution in [2.75, 3.05) is 18.6 Å². The third kappa shape index (κ3) is 3.36. The Morgan fingerprint density at radius 3 is 2.82 bits per heavy atom. The highest BCUT2D eigenvalue weighted by molar-refractivity contribution is 6.32. The molecule has 4 nitrogen and oxygen atoms in total. The maximum Gasteiger partial charge on any atom is 0.240 e. The van der Waals surface area contributed by atoms with E-state index in [2.05, 4.69) is 0 Å². The van der Waals surface area contributed by atoms with Crippen molar-refractivity contribution in [1.82, 2.24) is 0 Å². The Balaban J connectivity index is 2.90. The van der Waals surface area contributed by atoms with Crippen molar-refractivity contribution < 1.29 is 9.53 Å². The van der Waals surface area contributed by atoms with Gasteiger partial charge in [0.25, 0.3) is 0 Å². The van der Waals surface area contributed by atoms with E-state index in [9.17, 15) is 4.79 Å². The van der Waals surface area contributed by atoms with Crippen LogP contribution in [0, 0.1) is 11.3 Å². The number of ether oxygens (including phenoxy) is 1. The van der Waals surface area contributed by atoms with Crippen LogP contribution in [0.3, 0.4) is 0 Å². The molecule has 0 N–H and O–H groups in total. The van der Waals surface area contributed by atoms with Gasteiger partial charge in [-0.1, -0.05) is 11.6 Å². The first-order valence-corrected chi connectivity index (χ1v) is 5.53. The zero-order valence-electron chi connectivity index (χ0n) is 9.74. The van der Waals surface area contributed by atoms with Crippen molar-refractivity contribution in [3.63, 3.8) is 0 Å². The van der Waals surface area contributed by atoms with Crippen LogP contribution in [0.2, 0.25) is 5.02 Å². The van der Waals surface area contributed by atoms with E-state index in [1.807, 2.05) is 13.0 Å². The van der Waals surface area contributed by atoms with Gasteiger partial charge in [-0.2, -0.15) is 5.26 Å². The molecule has 1 amide bonds. The zero-order valence-corrected chi connectivity index (χ0v) is 10.5. The number of nitriles is 1. The Morgan fingerprint density at radius 1 is 1.59 bits per heavy atom. The Bertz CT molecular complexity index is 454. The molecule has 0 unspecified atom stereocenters. The molecule has 0 bridgehead atoms. The van der Waals surface area contributed by atoms with Gasteiger partial charge in [0.2, 0.25) is 5.91 Å². The molecule has 0 fully saturated rings. The summed E-state index contributed by atoms with van der Waals surface area (Å²) in [5.74, 6) is 0.312. The fourth-order valence-corrected chi connectivity index (χ4v) is 1.53. The molecule has 90 valence electrons. The van der Waals surface area contributed by atoms with Crippen LogP contribution in [0.5, 0.6) is 5.75 Å². The topological polar surface area (TPSA) is 53.3 Å². The first kappa shape index (κ1) is 13.3. The van der Waals surface area contributed by atoms with Crippen molar-refractivity contribution in [3.8, 4) is 11.8 Å². The molecule has 1 rings (SSSR count). The number of amides is 1. The second kappa shape index (κ2) is 6.12. The van der Waals surface area contributed by atoms with Crippen LogP contribution >= 0.6 is 11.6 Å². The summed E-state index contributed by atoms with van der Waals surface area (Å²) >= 11 is 6.01. The van der Waals surface area contributed by atoms with Crippen LogP contribution in [-0.4, -0.2) is 19.6 Å². The summed E-state index contributed by atoms with van der Waals surface area (Å²) < 4.78 is 5.29. The van der Waals surface area contributed by atoms with Crippen LogP contribution in [0.15, 0.2) is 18.2 Å². The molecule has 0 atom stereocenters. The Morgan fingerprint density at radius 2 is 2.29 bits per heavy atom. The molecule has 0 spiro atoms. The lowest BCUT2D eigenvalue weighted by Gasteiger charge is -2.17. The fraction of sp³-hybridized carbons (Fsp3) is 0.333. The van der Waals surface area contributed by atoms with E-state index < -0.39 is 0 Å². The van der Waals surface area contributed by atoms with E-state index in [-0.39, 0.29) is 12.3 Å². The van der Waals surface area contributed by atoms with Gasteiger partial charge in [0.1, 0.15) is 12.2 Å². The van der Waals surface area contributed by atoms with Gasteiger partial charge in [0.15, 0.2) is 0 Å². The molecule has 0 aliphatic carbocycles. The highest BCUT2D eigenvalue weighted by atomic mass is 35.5. The van der Waals surface area contributed by atoms with E-state index in [1.165, 1.54) is 4.90 Å². The summed E-state index contributed by atoms with van der Waals surface area (Å²) in [4.78, 5) is 12.9. The quantitative estimate of drug-likeness (QED) is 0.828. The molecule has 0 aromatic heterocycles. The molecule has 17 heavy (non-hydrogen) atoms. The number of anilines is 1. The molecule has 5 heteroatoms. The number of hydrogen-bond donors (Lipinski definition) is 0. The molecule has 1 aromatic carbocycles. The minimum atomic E-state index is -0.271. The number of carbonyl (C=O) groups excluding carboxylic acids is 1. The van der Waals surface area contributed by atoms with Gasteiger partial charge in [0, 0.05) is 12.7 Å². The lowest BCUT2D eigenvalue weighted by Crippen LogP contribution is -2.25. The van der Waals surface area contributed by atoms with Gasteiger partial charge in [-0.3, -0.25) is 4.79 Å². The van der Waals surface area contributed by atoms with Gasteiger partial charge in [0.05, 0.1) is 17.7 Å². The van der Waals surface area contributed by atoms with Crippen LogP contribution in [0.25, 0.3) is 0 Å². The monoisotopic (exact) mass is 252 g/mol. The van der Waals surface area contributed by atoms with Crippen molar-refractivity contribution in [3.05, 3.63) is 23.2 Å². The zero-order chi connectivity index (χ0) is 12.8. The maximum absolute atomic E-state index is 11.5. The van der Waals surface area contributed by atoms with Crippen molar-refractivity contribution in [2.24, 2.45) is 0 Å². The largest absolute Gasteiger partial charge is 0.492 e. The number of nitrogens with zero attached hydrogens (tertiary/aromatic N) is 2. The van der Waals surface area contributed by atoms with E-state index in [4.69, 9.17) is 21.6 Å². The van der Waals surface area contributed by atoms with E-state index >= 15 is 0 Å². The minimum absolute atomic E-state index is 0.151. The summed E-state index contributed by atoms with van der Waals surface area (Å²) in [7, 11) is 1.60. The third-order valence-electron chi connectivity index (χ3n) is 2.21. The maximum atomic E-state index is 11.5. The third-order valence-corrected chi connectivity index (χ3v) is 2.50. The van der Waals surface area contributed by atoms with Crippen LogP contribution in [0.1, 0.15) is 13.3 Å². The molecule has 0 saturated carbocycles. The smallest absolute Gasteiger partial charge is 0.240 e. The average molecular weight is 253 g/mol. The van der Waals surface area contributed by atoms with Gasteiger partial charge in [-0.05, 0) is 25.1 Å².